The molecular formula is C14H17N5Na2O8. The molecule has 148 valence electrons. The van der Waals surface area contributed by atoms with Gasteiger partial charge in [0.1, 0.15) is 30.2 Å². The van der Waals surface area contributed by atoms with Crippen molar-refractivity contribution in [2.75, 3.05) is 12.3 Å². The van der Waals surface area contributed by atoms with Crippen molar-refractivity contribution in [1.29, 1.82) is 0 Å². The number of carbonyl (C=O) groups excluding carboxylic acids is 2. The number of fused-ring (bicyclic) bond motifs is 1. The summed E-state index contributed by atoms with van der Waals surface area (Å²) in [5.41, 5.74) is 6.44. The zero-order valence-electron chi connectivity index (χ0n) is 15.8. The summed E-state index contributed by atoms with van der Waals surface area (Å²) in [6, 6.07) is 0. The Morgan fingerprint density at radius 2 is 1.69 bits per heavy atom. The monoisotopic (exact) mass is 429 g/mol. The average molecular weight is 429 g/mol. The summed E-state index contributed by atoms with van der Waals surface area (Å²) in [6.45, 7) is -0.390. The number of nitrogens with zero attached hydrogens (tertiary/aromatic N) is 4. The van der Waals surface area contributed by atoms with Gasteiger partial charge in [0, 0.05) is 11.9 Å². The first-order valence-corrected chi connectivity index (χ1v) is 7.71. The van der Waals surface area contributed by atoms with Crippen LogP contribution >= 0.6 is 0 Å². The third-order valence-electron chi connectivity index (χ3n) is 3.71. The molecule has 2 aromatic heterocycles. The number of rotatable bonds is 5. The number of imidazole rings is 1. The molecule has 0 spiro atoms. The Bertz CT molecular complexity index is 808. The molecule has 1 aliphatic rings. The van der Waals surface area contributed by atoms with Gasteiger partial charge in [0.25, 0.3) is 0 Å². The molecule has 0 radical (unpaired) electrons. The fourth-order valence-corrected chi connectivity index (χ4v) is 2.37. The number of nitrogens with two attached hydrogens (primary N) is 1. The van der Waals surface area contributed by atoms with Gasteiger partial charge < -0.3 is 45.6 Å². The van der Waals surface area contributed by atoms with E-state index in [9.17, 15) is 30.0 Å². The summed E-state index contributed by atoms with van der Waals surface area (Å²) in [7, 11) is 0. The number of aliphatic carboxylic acids is 2. The summed E-state index contributed by atoms with van der Waals surface area (Å²) in [4.78, 5) is 30.9. The van der Waals surface area contributed by atoms with Crippen LogP contribution in [0.3, 0.4) is 0 Å². The van der Waals surface area contributed by atoms with Gasteiger partial charge in [0.2, 0.25) is 0 Å². The van der Waals surface area contributed by atoms with Gasteiger partial charge >= 0.3 is 59.1 Å². The standard InChI is InChI=1S/C10H13N5O4.C4H6O4.2Na/c11-8-5-9(13-2-12-8)15(3-14-5)10-7(18)6(17)4(1-16)19-10;5-3(6)1-2-4(7)8;;/h2-4,6-7,10,16-18H,1H2,(H2,11,12,13);1-2H2,(H,5,6)(H,7,8);;/q;;2*+1/p-2/t4-,6-,7-,10-;;;/m1.../s1. The number of aromatic nitrogens is 4. The Labute approximate surface area is 208 Å². The van der Waals surface area contributed by atoms with Gasteiger partial charge in [-0.2, -0.15) is 0 Å². The van der Waals surface area contributed by atoms with Gasteiger partial charge in [-0.25, -0.2) is 15.0 Å². The van der Waals surface area contributed by atoms with E-state index in [2.05, 4.69) is 15.0 Å². The molecule has 0 aliphatic carbocycles. The van der Waals surface area contributed by atoms with Gasteiger partial charge in [-0.15, -0.1) is 0 Å². The number of aliphatic hydroxyl groups excluding tert-OH is 3. The average Bonchev–Trinajstić information content (AvgIpc) is 3.17. The number of hydrogen-bond donors (Lipinski definition) is 4. The van der Waals surface area contributed by atoms with Gasteiger partial charge in [0.15, 0.2) is 17.7 Å². The van der Waals surface area contributed by atoms with E-state index in [4.69, 9.17) is 15.6 Å². The number of carbonyl (C=O) groups is 2. The minimum Gasteiger partial charge on any atom is -0.550 e. The fraction of sp³-hybridized carbons (Fsp3) is 0.500. The molecule has 0 amide bonds. The quantitative estimate of drug-likeness (QED) is 0.325. The number of ether oxygens (including phenoxy) is 1. The maximum atomic E-state index is 9.95. The van der Waals surface area contributed by atoms with Crippen molar-refractivity contribution < 1.29 is 99.0 Å². The van der Waals surface area contributed by atoms with E-state index in [1.165, 1.54) is 17.2 Å². The molecule has 3 heterocycles. The van der Waals surface area contributed by atoms with Crippen LogP contribution in [0.25, 0.3) is 11.2 Å². The second-order valence-corrected chi connectivity index (χ2v) is 5.56. The Hall–Kier alpha value is -0.870. The second-order valence-electron chi connectivity index (χ2n) is 5.56. The molecule has 2 aromatic rings. The zero-order valence-corrected chi connectivity index (χ0v) is 19.8. The molecule has 0 unspecified atom stereocenters. The van der Waals surface area contributed by atoms with Crippen molar-refractivity contribution in [3.63, 3.8) is 0 Å². The van der Waals surface area contributed by atoms with Crippen molar-refractivity contribution in [2.45, 2.75) is 37.4 Å². The Kier molecular flexibility index (Phi) is 12.4. The smallest absolute Gasteiger partial charge is 0.550 e. The SMILES string of the molecule is Nc1ncnc2c1ncn2[C@@H]1O[C@H](CO)[C@@H](O)[C@H]1O.O=C([O-])CCC(=O)[O-].[Na+].[Na+]. The summed E-state index contributed by atoms with van der Waals surface area (Å²) in [5.74, 6) is -2.51. The van der Waals surface area contributed by atoms with Crippen molar-refractivity contribution in [3.8, 4) is 0 Å². The van der Waals surface area contributed by atoms with Crippen LogP contribution < -0.4 is 75.1 Å². The number of hydrogen-bond acceptors (Lipinski definition) is 12. The molecular weight excluding hydrogens is 412 g/mol. The molecule has 1 fully saturated rings. The topological polar surface area (TPSA) is 220 Å². The molecule has 13 nitrogen and oxygen atoms in total. The molecule has 1 saturated heterocycles. The van der Waals surface area contributed by atoms with E-state index in [0.29, 0.717) is 11.2 Å². The van der Waals surface area contributed by atoms with Crippen LogP contribution in [0.2, 0.25) is 0 Å². The molecule has 15 heteroatoms. The van der Waals surface area contributed by atoms with Gasteiger partial charge in [-0.05, 0) is 12.8 Å². The van der Waals surface area contributed by atoms with Crippen LogP contribution in [0.15, 0.2) is 12.7 Å². The molecule has 0 bridgehead atoms. The summed E-state index contributed by atoms with van der Waals surface area (Å²) in [5, 5.41) is 47.7. The number of anilines is 1. The molecule has 0 aromatic carbocycles. The summed E-state index contributed by atoms with van der Waals surface area (Å²) >= 11 is 0. The van der Waals surface area contributed by atoms with Crippen LogP contribution in [-0.4, -0.2) is 71.7 Å². The molecule has 0 saturated carbocycles. The number of aliphatic hydroxyl groups is 3. The van der Waals surface area contributed by atoms with Crippen molar-refractivity contribution >= 4 is 28.9 Å². The minimum absolute atomic E-state index is 0. The Morgan fingerprint density at radius 1 is 1.10 bits per heavy atom. The molecule has 3 rings (SSSR count). The van der Waals surface area contributed by atoms with E-state index < -0.39 is 55.9 Å². The van der Waals surface area contributed by atoms with Crippen LogP contribution in [0.1, 0.15) is 19.1 Å². The molecule has 5 N–H and O–H groups in total. The first-order chi connectivity index (χ1) is 12.8. The van der Waals surface area contributed by atoms with Gasteiger partial charge in [0.05, 0.1) is 12.9 Å². The van der Waals surface area contributed by atoms with Crippen LogP contribution in [0.5, 0.6) is 0 Å². The first kappa shape index (κ1) is 28.1. The van der Waals surface area contributed by atoms with Crippen molar-refractivity contribution in [3.05, 3.63) is 12.7 Å². The largest absolute Gasteiger partial charge is 1.00 e. The van der Waals surface area contributed by atoms with E-state index >= 15 is 0 Å². The van der Waals surface area contributed by atoms with Gasteiger partial charge in [-0.1, -0.05) is 0 Å². The predicted octanol–water partition coefficient (Wildman–Crippen LogP) is -10.7. The second kappa shape index (κ2) is 12.7. The van der Waals surface area contributed by atoms with Gasteiger partial charge in [-0.3, -0.25) is 4.57 Å². The number of carboxylic acid groups (broad SMARTS) is 2. The van der Waals surface area contributed by atoms with Crippen LogP contribution in [0, 0.1) is 0 Å². The number of nitrogen functional groups attached to an aromatic ring is 1. The zero-order chi connectivity index (χ0) is 20.1. The van der Waals surface area contributed by atoms with Crippen LogP contribution in [0.4, 0.5) is 5.82 Å². The van der Waals surface area contributed by atoms with Crippen LogP contribution in [-0.2, 0) is 14.3 Å². The molecule has 4 atom stereocenters. The van der Waals surface area contributed by atoms with Crippen molar-refractivity contribution in [2.24, 2.45) is 0 Å². The minimum atomic E-state index is -1.37. The van der Waals surface area contributed by atoms with Crippen molar-refractivity contribution in [1.82, 2.24) is 19.5 Å². The fourth-order valence-electron chi connectivity index (χ4n) is 2.37. The third kappa shape index (κ3) is 7.10. The normalized spacial score (nSPS) is 22.7. The Balaban J connectivity index is 0.000000681. The van der Waals surface area contributed by atoms with E-state index in [-0.39, 0.29) is 64.9 Å². The van der Waals surface area contributed by atoms with E-state index in [1.807, 2.05) is 0 Å². The maximum absolute atomic E-state index is 9.95. The summed E-state index contributed by atoms with van der Waals surface area (Å²) in [6.07, 6.45) is -2.36. The molecule has 1 aliphatic heterocycles. The number of carboxylic acids is 2. The molecule has 29 heavy (non-hydrogen) atoms. The maximum Gasteiger partial charge on any atom is 1.00 e. The Morgan fingerprint density at radius 3 is 2.17 bits per heavy atom. The third-order valence-corrected chi connectivity index (χ3v) is 3.71. The van der Waals surface area contributed by atoms with E-state index in [0.717, 1.165) is 0 Å². The van der Waals surface area contributed by atoms with E-state index in [1.54, 1.807) is 0 Å². The predicted molar refractivity (Wildman–Crippen MR) is 82.0 cm³/mol. The first-order valence-electron chi connectivity index (χ1n) is 7.71. The summed E-state index contributed by atoms with van der Waals surface area (Å²) < 4.78 is 6.85.